The summed E-state index contributed by atoms with van der Waals surface area (Å²) in [6.07, 6.45) is 3.89. The van der Waals surface area contributed by atoms with Gasteiger partial charge in [0.05, 0.1) is 12.8 Å². The molecular formula is C21H25ClN2O3. The van der Waals surface area contributed by atoms with Crippen molar-refractivity contribution in [3.05, 3.63) is 72.7 Å². The number of rotatable bonds is 10. The lowest BCUT2D eigenvalue weighted by Gasteiger charge is -2.27. The van der Waals surface area contributed by atoms with Crippen molar-refractivity contribution in [1.29, 1.82) is 0 Å². The molecule has 0 N–H and O–H groups in total. The Morgan fingerprint density at radius 2 is 1.93 bits per heavy atom. The zero-order valence-electron chi connectivity index (χ0n) is 15.5. The van der Waals surface area contributed by atoms with Gasteiger partial charge >= 0.3 is 0 Å². The van der Waals surface area contributed by atoms with Crippen LogP contribution < -0.4 is 0 Å². The molecule has 0 spiro atoms. The molecular weight excluding hydrogens is 364 g/mol. The van der Waals surface area contributed by atoms with Crippen molar-refractivity contribution in [2.45, 2.75) is 25.3 Å². The van der Waals surface area contributed by atoms with Crippen molar-refractivity contribution in [2.24, 2.45) is 0 Å². The Balaban J connectivity index is 2.08. The SMILES string of the molecule is C=CCN(CC(=O)N(CCc1ccccc1)Cc1ccco1)C(=O)C(C)Cl. The van der Waals surface area contributed by atoms with Gasteiger partial charge in [0.1, 0.15) is 17.7 Å². The molecule has 27 heavy (non-hydrogen) atoms. The molecule has 1 unspecified atom stereocenters. The third kappa shape index (κ3) is 6.61. The summed E-state index contributed by atoms with van der Waals surface area (Å²) in [5.74, 6) is 0.254. The summed E-state index contributed by atoms with van der Waals surface area (Å²) >= 11 is 5.91. The van der Waals surface area contributed by atoms with Gasteiger partial charge in [-0.1, -0.05) is 36.4 Å². The van der Waals surface area contributed by atoms with Crippen LogP contribution in [-0.2, 0) is 22.6 Å². The molecule has 1 aromatic heterocycles. The number of hydrogen-bond acceptors (Lipinski definition) is 3. The summed E-state index contributed by atoms with van der Waals surface area (Å²) in [7, 11) is 0. The highest BCUT2D eigenvalue weighted by molar-refractivity contribution is 6.30. The first-order valence-corrected chi connectivity index (χ1v) is 9.32. The molecule has 0 aliphatic heterocycles. The second-order valence-electron chi connectivity index (χ2n) is 6.25. The first kappa shape index (κ1) is 20.8. The van der Waals surface area contributed by atoms with Crippen LogP contribution in [0.15, 0.2) is 65.8 Å². The highest BCUT2D eigenvalue weighted by Gasteiger charge is 2.23. The van der Waals surface area contributed by atoms with E-state index in [1.807, 2.05) is 36.4 Å². The van der Waals surface area contributed by atoms with Crippen LogP contribution in [0.2, 0.25) is 0 Å². The Labute approximate surface area is 165 Å². The highest BCUT2D eigenvalue weighted by Crippen LogP contribution is 2.10. The summed E-state index contributed by atoms with van der Waals surface area (Å²) < 4.78 is 5.39. The molecule has 1 atom stereocenters. The lowest BCUT2D eigenvalue weighted by atomic mass is 10.1. The van der Waals surface area contributed by atoms with Crippen molar-refractivity contribution in [3.8, 4) is 0 Å². The van der Waals surface area contributed by atoms with E-state index in [4.69, 9.17) is 16.0 Å². The molecule has 2 rings (SSSR count). The Hall–Kier alpha value is -2.53. The molecule has 144 valence electrons. The first-order valence-electron chi connectivity index (χ1n) is 8.89. The average Bonchev–Trinajstić information content (AvgIpc) is 3.18. The van der Waals surface area contributed by atoms with Gasteiger partial charge < -0.3 is 14.2 Å². The molecule has 2 aromatic rings. The smallest absolute Gasteiger partial charge is 0.242 e. The van der Waals surface area contributed by atoms with E-state index in [9.17, 15) is 9.59 Å². The fourth-order valence-electron chi connectivity index (χ4n) is 2.69. The van der Waals surface area contributed by atoms with E-state index < -0.39 is 5.38 Å². The van der Waals surface area contributed by atoms with Crippen LogP contribution in [0.4, 0.5) is 0 Å². The fraction of sp³-hybridized carbons (Fsp3) is 0.333. The molecule has 0 fully saturated rings. The van der Waals surface area contributed by atoms with Crippen LogP contribution in [0.1, 0.15) is 18.2 Å². The Kier molecular flexibility index (Phi) is 8.14. The van der Waals surface area contributed by atoms with Crippen molar-refractivity contribution in [3.63, 3.8) is 0 Å². The molecule has 2 amide bonds. The molecule has 0 aliphatic carbocycles. The van der Waals surface area contributed by atoms with E-state index in [-0.39, 0.29) is 24.9 Å². The monoisotopic (exact) mass is 388 g/mol. The number of alkyl halides is 1. The van der Waals surface area contributed by atoms with Gasteiger partial charge in [0.15, 0.2) is 0 Å². The topological polar surface area (TPSA) is 53.8 Å². The van der Waals surface area contributed by atoms with Crippen LogP contribution in [0.25, 0.3) is 0 Å². The van der Waals surface area contributed by atoms with Gasteiger partial charge in [0.25, 0.3) is 0 Å². The summed E-state index contributed by atoms with van der Waals surface area (Å²) in [5.41, 5.74) is 1.14. The zero-order valence-corrected chi connectivity index (χ0v) is 16.3. The summed E-state index contributed by atoms with van der Waals surface area (Å²) in [4.78, 5) is 28.3. The fourth-order valence-corrected chi connectivity index (χ4v) is 2.83. The number of carbonyl (C=O) groups is 2. The van der Waals surface area contributed by atoms with Gasteiger partial charge in [-0.2, -0.15) is 0 Å². The van der Waals surface area contributed by atoms with Gasteiger partial charge in [-0.15, -0.1) is 18.2 Å². The maximum atomic E-state index is 12.9. The molecule has 0 aliphatic rings. The molecule has 1 aromatic carbocycles. The van der Waals surface area contributed by atoms with Gasteiger partial charge in [-0.05, 0) is 31.0 Å². The third-order valence-corrected chi connectivity index (χ3v) is 4.31. The lowest BCUT2D eigenvalue weighted by molar-refractivity contribution is -0.140. The second-order valence-corrected chi connectivity index (χ2v) is 6.91. The maximum absolute atomic E-state index is 12.9. The summed E-state index contributed by atoms with van der Waals surface area (Å²) in [6.45, 7) is 6.36. The minimum Gasteiger partial charge on any atom is -0.467 e. The van der Waals surface area contributed by atoms with Crippen LogP contribution in [-0.4, -0.2) is 46.6 Å². The van der Waals surface area contributed by atoms with E-state index in [2.05, 4.69) is 6.58 Å². The van der Waals surface area contributed by atoms with E-state index in [1.165, 1.54) is 4.90 Å². The quantitative estimate of drug-likeness (QED) is 0.462. The number of amides is 2. The van der Waals surface area contributed by atoms with Crippen molar-refractivity contribution in [1.82, 2.24) is 9.80 Å². The van der Waals surface area contributed by atoms with Gasteiger partial charge in [0, 0.05) is 13.1 Å². The van der Waals surface area contributed by atoms with Crippen LogP contribution in [0.3, 0.4) is 0 Å². The summed E-state index contributed by atoms with van der Waals surface area (Å²) in [5, 5.41) is -0.694. The van der Waals surface area contributed by atoms with E-state index >= 15 is 0 Å². The molecule has 0 saturated carbocycles. The van der Waals surface area contributed by atoms with E-state index in [1.54, 1.807) is 30.2 Å². The molecule has 6 heteroatoms. The van der Waals surface area contributed by atoms with Gasteiger partial charge in [-0.3, -0.25) is 9.59 Å². The molecule has 0 radical (unpaired) electrons. The van der Waals surface area contributed by atoms with Gasteiger partial charge in [-0.25, -0.2) is 0 Å². The Morgan fingerprint density at radius 1 is 1.19 bits per heavy atom. The Morgan fingerprint density at radius 3 is 2.52 bits per heavy atom. The number of hydrogen-bond donors (Lipinski definition) is 0. The standard InChI is InChI=1S/C21H25ClN2O3/c1-3-12-24(21(26)17(2)22)16-20(25)23(15-19-10-7-14-27-19)13-11-18-8-5-4-6-9-18/h3-10,14,17H,1,11-13,15-16H2,2H3. The molecule has 5 nitrogen and oxygen atoms in total. The van der Waals surface area contributed by atoms with Crippen molar-refractivity contribution >= 4 is 23.4 Å². The number of nitrogens with zero attached hydrogens (tertiary/aromatic N) is 2. The molecule has 1 heterocycles. The predicted octanol–water partition coefficient (Wildman–Crippen LogP) is 3.49. The molecule has 0 bridgehead atoms. The minimum atomic E-state index is -0.694. The highest BCUT2D eigenvalue weighted by atomic mass is 35.5. The maximum Gasteiger partial charge on any atom is 0.242 e. The minimum absolute atomic E-state index is 0.0442. The van der Waals surface area contributed by atoms with Crippen molar-refractivity contribution in [2.75, 3.05) is 19.6 Å². The van der Waals surface area contributed by atoms with Crippen LogP contribution in [0.5, 0.6) is 0 Å². The average molecular weight is 389 g/mol. The Bertz CT molecular complexity index is 729. The normalized spacial score (nSPS) is 11.6. The van der Waals surface area contributed by atoms with Crippen LogP contribution in [0, 0.1) is 0 Å². The number of halogens is 1. The first-order chi connectivity index (χ1) is 13.0. The van der Waals surface area contributed by atoms with Gasteiger partial charge in [0.2, 0.25) is 11.8 Å². The lowest BCUT2D eigenvalue weighted by Crippen LogP contribution is -2.45. The van der Waals surface area contributed by atoms with E-state index in [0.717, 1.165) is 5.56 Å². The predicted molar refractivity (Wildman–Crippen MR) is 106 cm³/mol. The molecule has 0 saturated heterocycles. The van der Waals surface area contributed by atoms with Crippen LogP contribution >= 0.6 is 11.6 Å². The number of benzene rings is 1. The number of furan rings is 1. The van der Waals surface area contributed by atoms with Crippen molar-refractivity contribution < 1.29 is 14.0 Å². The largest absolute Gasteiger partial charge is 0.467 e. The second kappa shape index (κ2) is 10.6. The third-order valence-electron chi connectivity index (χ3n) is 4.12. The van der Waals surface area contributed by atoms with E-state index in [0.29, 0.717) is 25.3 Å². The zero-order chi connectivity index (χ0) is 19.6. The number of carbonyl (C=O) groups excluding carboxylic acids is 2. The summed E-state index contributed by atoms with van der Waals surface area (Å²) in [6, 6.07) is 13.6.